The van der Waals surface area contributed by atoms with Crippen molar-refractivity contribution >= 4 is 43.4 Å². The van der Waals surface area contributed by atoms with Gasteiger partial charge in [0.25, 0.3) is 0 Å². The molecule has 4 heteroatoms. The van der Waals surface area contributed by atoms with Crippen molar-refractivity contribution in [2.24, 2.45) is 5.41 Å². The lowest BCUT2D eigenvalue weighted by atomic mass is 9.78. The summed E-state index contributed by atoms with van der Waals surface area (Å²) in [5, 5.41) is 0. The Bertz CT molecular complexity index is 611. The molecule has 2 aromatic rings. The second-order valence-electron chi connectivity index (χ2n) is 5.30. The van der Waals surface area contributed by atoms with Crippen LogP contribution in [0.25, 0.3) is 0 Å². The van der Waals surface area contributed by atoms with Gasteiger partial charge < -0.3 is 0 Å². The molecule has 0 aliphatic rings. The summed E-state index contributed by atoms with van der Waals surface area (Å²) in [7, 11) is 0. The Morgan fingerprint density at radius 3 is 1.29 bits per heavy atom. The fraction of sp³-hybridized carbons (Fsp3) is 0.176. The minimum absolute atomic E-state index is 0.178. The van der Waals surface area contributed by atoms with E-state index in [0.29, 0.717) is 11.1 Å². The molecule has 0 bridgehead atoms. The minimum Gasteiger partial charge on any atom is -0.293 e. The molecule has 0 aliphatic heterocycles. The van der Waals surface area contributed by atoms with Crippen molar-refractivity contribution in [2.45, 2.75) is 13.8 Å². The molecule has 0 fully saturated rings. The lowest BCUT2D eigenvalue weighted by Gasteiger charge is -2.22. The SMILES string of the molecule is CC(C)(C(=O)c1ccc(Br)cc1)C(=O)c1ccc(Br)cc1. The fourth-order valence-electron chi connectivity index (χ4n) is 2.03. The first-order valence-corrected chi connectivity index (χ1v) is 8.01. The van der Waals surface area contributed by atoms with Crippen molar-refractivity contribution < 1.29 is 9.59 Å². The molecule has 2 aromatic carbocycles. The van der Waals surface area contributed by atoms with Gasteiger partial charge in [-0.05, 0) is 38.1 Å². The fourth-order valence-corrected chi connectivity index (χ4v) is 2.56. The van der Waals surface area contributed by atoms with E-state index in [4.69, 9.17) is 0 Å². The van der Waals surface area contributed by atoms with Crippen LogP contribution in [0.15, 0.2) is 57.5 Å². The van der Waals surface area contributed by atoms with Crippen molar-refractivity contribution in [3.05, 3.63) is 68.6 Å². The highest BCUT2D eigenvalue weighted by atomic mass is 79.9. The molecule has 0 radical (unpaired) electrons. The van der Waals surface area contributed by atoms with Gasteiger partial charge in [-0.1, -0.05) is 56.1 Å². The molecule has 0 N–H and O–H groups in total. The second-order valence-corrected chi connectivity index (χ2v) is 7.13. The van der Waals surface area contributed by atoms with Gasteiger partial charge in [-0.25, -0.2) is 0 Å². The maximum atomic E-state index is 12.6. The minimum atomic E-state index is -1.10. The van der Waals surface area contributed by atoms with Crippen molar-refractivity contribution in [1.29, 1.82) is 0 Å². The van der Waals surface area contributed by atoms with Crippen LogP contribution in [0.4, 0.5) is 0 Å². The van der Waals surface area contributed by atoms with E-state index in [-0.39, 0.29) is 11.6 Å². The Morgan fingerprint density at radius 1 is 0.714 bits per heavy atom. The van der Waals surface area contributed by atoms with Gasteiger partial charge in [-0.15, -0.1) is 0 Å². The highest BCUT2D eigenvalue weighted by Crippen LogP contribution is 2.28. The first kappa shape index (κ1) is 16.1. The lowest BCUT2D eigenvalue weighted by molar-refractivity contribution is 0.0711. The summed E-state index contributed by atoms with van der Waals surface area (Å²) < 4.78 is 1.80. The summed E-state index contributed by atoms with van der Waals surface area (Å²) in [4.78, 5) is 25.2. The molecule has 0 saturated carbocycles. The van der Waals surface area contributed by atoms with Gasteiger partial charge in [-0.3, -0.25) is 9.59 Å². The van der Waals surface area contributed by atoms with Gasteiger partial charge >= 0.3 is 0 Å². The molecule has 0 atom stereocenters. The maximum absolute atomic E-state index is 12.6. The summed E-state index contributed by atoms with van der Waals surface area (Å²) in [6.45, 7) is 3.34. The number of carbonyl (C=O) groups excluding carboxylic acids is 2. The van der Waals surface area contributed by atoms with Crippen LogP contribution in [0.2, 0.25) is 0 Å². The number of ketones is 2. The van der Waals surface area contributed by atoms with Crippen LogP contribution in [0.1, 0.15) is 34.6 Å². The standard InChI is InChI=1S/C17H14Br2O2/c1-17(2,15(20)11-3-7-13(18)8-4-11)16(21)12-5-9-14(19)10-6-12/h3-10H,1-2H3. The largest absolute Gasteiger partial charge is 0.293 e. The van der Waals surface area contributed by atoms with Crippen molar-refractivity contribution in [3.8, 4) is 0 Å². The lowest BCUT2D eigenvalue weighted by Crippen LogP contribution is -2.33. The average Bonchev–Trinajstić information content (AvgIpc) is 2.47. The van der Waals surface area contributed by atoms with Gasteiger partial charge in [0, 0.05) is 20.1 Å². The van der Waals surface area contributed by atoms with Crippen LogP contribution in [-0.4, -0.2) is 11.6 Å². The third-order valence-electron chi connectivity index (χ3n) is 3.35. The van der Waals surface area contributed by atoms with E-state index in [1.54, 1.807) is 62.4 Å². The third kappa shape index (κ3) is 3.50. The van der Waals surface area contributed by atoms with Crippen LogP contribution in [-0.2, 0) is 0 Å². The second kappa shape index (κ2) is 6.24. The van der Waals surface area contributed by atoms with Crippen molar-refractivity contribution in [2.75, 3.05) is 0 Å². The highest BCUT2D eigenvalue weighted by Gasteiger charge is 2.36. The van der Waals surface area contributed by atoms with Gasteiger partial charge in [-0.2, -0.15) is 0 Å². The van der Waals surface area contributed by atoms with Gasteiger partial charge in [0.05, 0.1) is 5.41 Å². The Kier molecular flexibility index (Phi) is 4.79. The van der Waals surface area contributed by atoms with E-state index in [1.165, 1.54) is 0 Å². The maximum Gasteiger partial charge on any atom is 0.176 e. The molecule has 0 saturated heterocycles. The number of halogens is 2. The Morgan fingerprint density at radius 2 is 1.00 bits per heavy atom. The van der Waals surface area contributed by atoms with Crippen molar-refractivity contribution in [3.63, 3.8) is 0 Å². The number of benzene rings is 2. The molecule has 0 spiro atoms. The van der Waals surface area contributed by atoms with Gasteiger partial charge in [0.1, 0.15) is 0 Å². The van der Waals surface area contributed by atoms with Crippen LogP contribution in [0.5, 0.6) is 0 Å². The quantitative estimate of drug-likeness (QED) is 0.506. The van der Waals surface area contributed by atoms with E-state index in [1.807, 2.05) is 0 Å². The molecule has 2 nitrogen and oxygen atoms in total. The zero-order chi connectivity index (χ0) is 15.6. The van der Waals surface area contributed by atoms with Crippen LogP contribution in [0.3, 0.4) is 0 Å². The van der Waals surface area contributed by atoms with Crippen LogP contribution < -0.4 is 0 Å². The molecular weight excluding hydrogens is 396 g/mol. The number of hydrogen-bond donors (Lipinski definition) is 0. The van der Waals surface area contributed by atoms with Crippen LogP contribution >= 0.6 is 31.9 Å². The normalized spacial score (nSPS) is 11.2. The van der Waals surface area contributed by atoms with Crippen molar-refractivity contribution in [1.82, 2.24) is 0 Å². The third-order valence-corrected chi connectivity index (χ3v) is 4.41. The molecule has 21 heavy (non-hydrogen) atoms. The summed E-state index contributed by atoms with van der Waals surface area (Å²) in [5.74, 6) is -0.356. The smallest absolute Gasteiger partial charge is 0.176 e. The first-order valence-electron chi connectivity index (χ1n) is 6.43. The Hall–Kier alpha value is -1.26. The topological polar surface area (TPSA) is 34.1 Å². The summed E-state index contributed by atoms with van der Waals surface area (Å²) in [6, 6.07) is 14.1. The van der Waals surface area contributed by atoms with E-state index in [2.05, 4.69) is 31.9 Å². The molecule has 0 heterocycles. The first-order chi connectivity index (χ1) is 9.82. The molecule has 0 aliphatic carbocycles. The molecule has 2 rings (SSSR count). The number of carbonyl (C=O) groups is 2. The predicted octanol–water partition coefficient (Wildman–Crippen LogP) is 5.30. The van der Waals surface area contributed by atoms with Gasteiger partial charge in [0.2, 0.25) is 0 Å². The molecule has 0 unspecified atom stereocenters. The van der Waals surface area contributed by atoms with E-state index in [9.17, 15) is 9.59 Å². The molecule has 0 amide bonds. The van der Waals surface area contributed by atoms with E-state index in [0.717, 1.165) is 8.95 Å². The average molecular weight is 410 g/mol. The summed E-state index contributed by atoms with van der Waals surface area (Å²) in [5.41, 5.74) is -0.0240. The Balaban J connectivity index is 2.32. The zero-order valence-electron chi connectivity index (χ0n) is 11.7. The monoisotopic (exact) mass is 408 g/mol. The number of Topliss-reactive ketones (excluding diaryl/α,β-unsaturated/α-hetero) is 2. The Labute approximate surface area is 140 Å². The predicted molar refractivity (Wildman–Crippen MR) is 90.7 cm³/mol. The van der Waals surface area contributed by atoms with E-state index >= 15 is 0 Å². The van der Waals surface area contributed by atoms with E-state index < -0.39 is 5.41 Å². The molecular formula is C17H14Br2O2. The van der Waals surface area contributed by atoms with Gasteiger partial charge in [0.15, 0.2) is 11.6 Å². The van der Waals surface area contributed by atoms with Crippen LogP contribution in [0, 0.1) is 5.41 Å². The zero-order valence-corrected chi connectivity index (χ0v) is 14.9. The molecule has 108 valence electrons. The summed E-state index contributed by atoms with van der Waals surface area (Å²) in [6.07, 6.45) is 0. The summed E-state index contributed by atoms with van der Waals surface area (Å²) >= 11 is 6.67. The molecule has 0 aromatic heterocycles. The number of rotatable bonds is 4. The number of hydrogen-bond acceptors (Lipinski definition) is 2. The highest BCUT2D eigenvalue weighted by molar-refractivity contribution is 9.10.